The lowest BCUT2D eigenvalue weighted by molar-refractivity contribution is -0.119. The van der Waals surface area contributed by atoms with E-state index in [2.05, 4.69) is 5.32 Å². The fourth-order valence-corrected chi connectivity index (χ4v) is 2.28. The maximum absolute atomic E-state index is 13.6. The van der Waals surface area contributed by atoms with Gasteiger partial charge in [0, 0.05) is 11.6 Å². The van der Waals surface area contributed by atoms with Crippen molar-refractivity contribution in [3.05, 3.63) is 53.8 Å². The van der Waals surface area contributed by atoms with E-state index in [-0.39, 0.29) is 17.6 Å². The summed E-state index contributed by atoms with van der Waals surface area (Å²) >= 11 is 0. The smallest absolute Gasteiger partial charge is 0.227 e. The lowest BCUT2D eigenvalue weighted by Crippen LogP contribution is -2.21. The van der Waals surface area contributed by atoms with Crippen LogP contribution in [-0.2, 0) is 11.2 Å². The molecule has 0 heterocycles. The van der Waals surface area contributed by atoms with Crippen LogP contribution in [0.1, 0.15) is 18.9 Å². The molecule has 0 spiro atoms. The summed E-state index contributed by atoms with van der Waals surface area (Å²) in [7, 11) is 1.54. The van der Waals surface area contributed by atoms with Gasteiger partial charge in [0.2, 0.25) is 5.91 Å². The van der Waals surface area contributed by atoms with Crippen molar-refractivity contribution < 1.29 is 13.9 Å². The van der Waals surface area contributed by atoms with Gasteiger partial charge in [-0.1, -0.05) is 25.1 Å². The zero-order valence-corrected chi connectivity index (χ0v) is 13.3. The number of hydrogen-bond donors (Lipinski definition) is 2. The number of halogens is 1. The number of benzene rings is 2. The van der Waals surface area contributed by atoms with E-state index in [9.17, 15) is 9.18 Å². The highest BCUT2D eigenvalue weighted by Crippen LogP contribution is 2.25. The molecule has 2 aromatic rings. The number of nitrogens with two attached hydrogens (primary N) is 1. The minimum absolute atomic E-state index is 0.120. The molecule has 0 aromatic heterocycles. The lowest BCUT2D eigenvalue weighted by atomic mass is 10.00. The minimum atomic E-state index is -0.238. The van der Waals surface area contributed by atoms with E-state index in [1.165, 1.54) is 13.2 Å². The van der Waals surface area contributed by atoms with Gasteiger partial charge < -0.3 is 15.8 Å². The lowest BCUT2D eigenvalue weighted by Gasteiger charge is -2.13. The first-order valence-electron chi connectivity index (χ1n) is 7.49. The second-order valence-corrected chi connectivity index (χ2v) is 5.48. The topological polar surface area (TPSA) is 64.3 Å². The molecule has 5 heteroatoms. The Kier molecular flexibility index (Phi) is 5.57. The molecular weight excluding hydrogens is 295 g/mol. The van der Waals surface area contributed by atoms with Crippen molar-refractivity contribution in [2.24, 2.45) is 5.92 Å². The van der Waals surface area contributed by atoms with Gasteiger partial charge in [0.1, 0.15) is 11.6 Å². The summed E-state index contributed by atoms with van der Waals surface area (Å²) in [6.07, 6.45) is 1.09. The Hall–Kier alpha value is -2.56. The highest BCUT2D eigenvalue weighted by atomic mass is 19.1. The van der Waals surface area contributed by atoms with E-state index in [0.717, 1.165) is 0 Å². The zero-order valence-electron chi connectivity index (χ0n) is 13.3. The van der Waals surface area contributed by atoms with Gasteiger partial charge in [0.15, 0.2) is 0 Å². The number of nitrogens with one attached hydrogen (secondary N) is 1. The number of carbonyl (C=O) groups excluding carboxylic acids is 1. The van der Waals surface area contributed by atoms with Crippen molar-refractivity contribution in [3.63, 3.8) is 0 Å². The molecule has 0 saturated carbocycles. The van der Waals surface area contributed by atoms with Crippen molar-refractivity contribution in [1.29, 1.82) is 0 Å². The highest BCUT2D eigenvalue weighted by Gasteiger charge is 2.14. The molecule has 0 aliphatic heterocycles. The second-order valence-electron chi connectivity index (χ2n) is 5.48. The van der Waals surface area contributed by atoms with Gasteiger partial charge in [-0.2, -0.15) is 0 Å². The van der Waals surface area contributed by atoms with Crippen molar-refractivity contribution in [2.75, 3.05) is 18.2 Å². The molecule has 0 bridgehead atoms. The van der Waals surface area contributed by atoms with Gasteiger partial charge >= 0.3 is 0 Å². The first-order valence-corrected chi connectivity index (χ1v) is 7.49. The van der Waals surface area contributed by atoms with Crippen molar-refractivity contribution in [1.82, 2.24) is 0 Å². The Morgan fingerprint density at radius 2 is 2.04 bits per heavy atom. The summed E-state index contributed by atoms with van der Waals surface area (Å²) < 4.78 is 18.7. The predicted octanol–water partition coefficient (Wildman–Crippen LogP) is 3.62. The number of carbonyl (C=O) groups is 1. The number of amides is 1. The largest absolute Gasteiger partial charge is 0.495 e. The van der Waals surface area contributed by atoms with Gasteiger partial charge in [-0.25, -0.2) is 4.39 Å². The molecule has 0 radical (unpaired) electrons. The van der Waals surface area contributed by atoms with E-state index in [0.29, 0.717) is 35.5 Å². The van der Waals surface area contributed by atoms with Gasteiger partial charge in [0.25, 0.3) is 0 Å². The van der Waals surface area contributed by atoms with Crippen LogP contribution >= 0.6 is 0 Å². The zero-order chi connectivity index (χ0) is 16.8. The van der Waals surface area contributed by atoms with E-state index in [4.69, 9.17) is 10.5 Å². The minimum Gasteiger partial charge on any atom is -0.495 e. The van der Waals surface area contributed by atoms with Crippen LogP contribution in [0, 0.1) is 11.7 Å². The molecule has 1 unspecified atom stereocenters. The van der Waals surface area contributed by atoms with Crippen LogP contribution in [0.2, 0.25) is 0 Å². The molecule has 122 valence electrons. The van der Waals surface area contributed by atoms with Crippen molar-refractivity contribution in [3.8, 4) is 5.75 Å². The fourth-order valence-electron chi connectivity index (χ4n) is 2.28. The van der Waals surface area contributed by atoms with Crippen LogP contribution in [0.4, 0.5) is 15.8 Å². The quantitative estimate of drug-likeness (QED) is 0.800. The molecule has 2 aromatic carbocycles. The van der Waals surface area contributed by atoms with Crippen LogP contribution in [0.15, 0.2) is 42.5 Å². The number of anilines is 2. The Labute approximate surface area is 135 Å². The Bertz CT molecular complexity index is 688. The SMILES string of the molecule is COc1ccc(NC(=O)C(C)CCc2ccccc2F)cc1N. The summed E-state index contributed by atoms with van der Waals surface area (Å²) in [5.74, 6) is -0.0255. The van der Waals surface area contributed by atoms with Gasteiger partial charge in [-0.05, 0) is 42.7 Å². The average Bonchev–Trinajstić information content (AvgIpc) is 2.54. The third-order valence-corrected chi connectivity index (χ3v) is 3.75. The number of aryl methyl sites for hydroxylation is 1. The van der Waals surface area contributed by atoms with Crippen molar-refractivity contribution in [2.45, 2.75) is 19.8 Å². The van der Waals surface area contributed by atoms with E-state index in [1.807, 2.05) is 6.92 Å². The van der Waals surface area contributed by atoms with E-state index in [1.54, 1.807) is 36.4 Å². The fraction of sp³-hybridized carbons (Fsp3) is 0.278. The molecule has 0 aliphatic carbocycles. The molecule has 0 saturated heterocycles. The predicted molar refractivity (Wildman–Crippen MR) is 89.9 cm³/mol. The van der Waals surface area contributed by atoms with Crippen LogP contribution in [0.5, 0.6) is 5.75 Å². The van der Waals surface area contributed by atoms with E-state index < -0.39 is 0 Å². The first-order chi connectivity index (χ1) is 11.0. The molecule has 4 nitrogen and oxygen atoms in total. The third-order valence-electron chi connectivity index (χ3n) is 3.75. The molecule has 0 aliphatic rings. The first kappa shape index (κ1) is 16.8. The molecule has 23 heavy (non-hydrogen) atoms. The van der Waals surface area contributed by atoms with Crippen LogP contribution in [0.3, 0.4) is 0 Å². The number of ether oxygens (including phenoxy) is 1. The summed E-state index contributed by atoms with van der Waals surface area (Å²) in [4.78, 5) is 12.2. The number of methoxy groups -OCH3 is 1. The summed E-state index contributed by atoms with van der Waals surface area (Å²) in [5, 5.41) is 2.82. The monoisotopic (exact) mass is 316 g/mol. The van der Waals surface area contributed by atoms with Crippen LogP contribution in [0.25, 0.3) is 0 Å². The standard InChI is InChI=1S/C18H21FN2O2/c1-12(7-8-13-5-3-4-6-15(13)19)18(22)21-14-9-10-17(23-2)16(20)11-14/h3-6,9-12H,7-8,20H2,1-2H3,(H,21,22). The highest BCUT2D eigenvalue weighted by molar-refractivity contribution is 5.93. The normalized spacial score (nSPS) is 11.8. The molecule has 0 fully saturated rings. The maximum Gasteiger partial charge on any atom is 0.227 e. The van der Waals surface area contributed by atoms with Gasteiger partial charge in [-0.15, -0.1) is 0 Å². The molecule has 1 atom stereocenters. The number of hydrogen-bond acceptors (Lipinski definition) is 3. The average molecular weight is 316 g/mol. The molecular formula is C18H21FN2O2. The summed E-state index contributed by atoms with van der Waals surface area (Å²) in [6.45, 7) is 1.82. The number of nitrogen functional groups attached to an aromatic ring is 1. The van der Waals surface area contributed by atoms with E-state index >= 15 is 0 Å². The van der Waals surface area contributed by atoms with Gasteiger partial charge in [-0.3, -0.25) is 4.79 Å². The van der Waals surface area contributed by atoms with Crippen LogP contribution in [-0.4, -0.2) is 13.0 Å². The van der Waals surface area contributed by atoms with Crippen LogP contribution < -0.4 is 15.8 Å². The summed E-state index contributed by atoms with van der Waals surface area (Å²) in [6, 6.07) is 11.7. The summed E-state index contributed by atoms with van der Waals surface area (Å²) in [5.41, 5.74) is 7.52. The number of rotatable bonds is 6. The van der Waals surface area contributed by atoms with Crippen molar-refractivity contribution >= 4 is 17.3 Å². The Balaban J connectivity index is 1.92. The molecule has 2 rings (SSSR count). The van der Waals surface area contributed by atoms with Gasteiger partial charge in [0.05, 0.1) is 12.8 Å². The molecule has 3 N–H and O–H groups in total. The second kappa shape index (κ2) is 7.63. The Morgan fingerprint density at radius 1 is 1.30 bits per heavy atom. The maximum atomic E-state index is 13.6. The third kappa shape index (κ3) is 4.45. The Morgan fingerprint density at radius 3 is 2.70 bits per heavy atom. The molecule has 1 amide bonds.